The first-order chi connectivity index (χ1) is 20.1. The maximum atomic E-state index is 13.8. The summed E-state index contributed by atoms with van der Waals surface area (Å²) in [5.41, 5.74) is 4.41. The number of nitrogens with one attached hydrogen (secondary N) is 1. The first-order valence-corrected chi connectivity index (χ1v) is 14.5. The van der Waals surface area contributed by atoms with Gasteiger partial charge in [0.25, 0.3) is 5.56 Å². The Morgan fingerprint density at radius 3 is 2.61 bits per heavy atom. The molecule has 210 valence electrons. The highest BCUT2D eigenvalue weighted by Gasteiger charge is 2.20. The lowest BCUT2D eigenvalue weighted by Crippen LogP contribution is -2.35. The topological polar surface area (TPSA) is 98.1 Å². The van der Waals surface area contributed by atoms with E-state index >= 15 is 0 Å². The molecule has 4 aromatic rings. The molecule has 0 amide bonds. The van der Waals surface area contributed by atoms with Gasteiger partial charge in [0, 0.05) is 48.7 Å². The van der Waals surface area contributed by atoms with Gasteiger partial charge in [-0.1, -0.05) is 43.7 Å². The molecule has 1 saturated heterocycles. The van der Waals surface area contributed by atoms with Crippen molar-refractivity contribution in [1.29, 1.82) is 0 Å². The Bertz CT molecular complexity index is 1650. The fourth-order valence-corrected chi connectivity index (χ4v) is 5.57. The summed E-state index contributed by atoms with van der Waals surface area (Å²) in [5, 5.41) is 4.05. The molecule has 3 aromatic heterocycles. The molecule has 6 rings (SSSR count). The van der Waals surface area contributed by atoms with Crippen LogP contribution in [0.15, 0.2) is 53.7 Å². The molecule has 41 heavy (non-hydrogen) atoms. The molecule has 1 atom stereocenters. The van der Waals surface area contributed by atoms with E-state index in [1.54, 1.807) is 23.2 Å². The molecule has 2 fully saturated rings. The van der Waals surface area contributed by atoms with Crippen molar-refractivity contribution in [3.05, 3.63) is 81.8 Å². The second-order valence-electron chi connectivity index (χ2n) is 10.8. The lowest BCUT2D eigenvalue weighted by atomic mass is 10.1. The number of nitrogens with zero attached hydrogens (tertiary/aromatic N) is 6. The normalized spacial score (nSPS) is 17.9. The number of aromatic nitrogens is 5. The van der Waals surface area contributed by atoms with Gasteiger partial charge in [-0.25, -0.2) is 4.98 Å². The third kappa shape index (κ3) is 6.14. The Hall–Kier alpha value is -4.13. The minimum atomic E-state index is -0.179. The Kier molecular flexibility index (Phi) is 8.03. The van der Waals surface area contributed by atoms with Gasteiger partial charge in [-0.15, -0.1) is 0 Å². The lowest BCUT2D eigenvalue weighted by Gasteiger charge is -2.30. The molecule has 9 heteroatoms. The van der Waals surface area contributed by atoms with E-state index in [1.165, 1.54) is 12.8 Å². The minimum absolute atomic E-state index is 0.0641. The number of aryl methyl sites for hydroxylation is 1. The zero-order valence-corrected chi connectivity index (χ0v) is 23.6. The van der Waals surface area contributed by atoms with Crippen molar-refractivity contribution in [1.82, 2.24) is 29.4 Å². The number of likely N-dealkylation sites (N-methyl/N-ethyl adjacent to an activating group) is 1. The number of ether oxygens (including phenoxy) is 1. The SMILES string of the molecule is CCc1nccnc1Cn1c(=O)c(C#CC2CCCC2)cc2cnc(Nc3ccc(C4CN(C)CCO4)cc3)nc21. The Morgan fingerprint density at radius 2 is 1.85 bits per heavy atom. The molecule has 9 nitrogen and oxygen atoms in total. The number of morpholine rings is 1. The van der Waals surface area contributed by atoms with Gasteiger partial charge in [0.2, 0.25) is 5.95 Å². The number of rotatable bonds is 6. The van der Waals surface area contributed by atoms with Gasteiger partial charge in [0.1, 0.15) is 5.65 Å². The highest BCUT2D eigenvalue weighted by molar-refractivity contribution is 5.77. The smallest absolute Gasteiger partial charge is 0.268 e. The van der Waals surface area contributed by atoms with Crippen LogP contribution in [0.3, 0.4) is 0 Å². The van der Waals surface area contributed by atoms with E-state index in [1.807, 2.05) is 25.1 Å². The fraction of sp³-hybridized carbons (Fsp3) is 0.406. The highest BCUT2D eigenvalue weighted by atomic mass is 16.5. The average molecular weight is 550 g/mol. The number of anilines is 2. The van der Waals surface area contributed by atoms with Gasteiger partial charge in [0.05, 0.1) is 36.2 Å². The Balaban J connectivity index is 1.34. The second-order valence-corrected chi connectivity index (χ2v) is 10.8. The fourth-order valence-electron chi connectivity index (χ4n) is 5.57. The van der Waals surface area contributed by atoms with Crippen LogP contribution in [0.5, 0.6) is 0 Å². The molecule has 1 saturated carbocycles. The van der Waals surface area contributed by atoms with E-state index in [0.717, 1.165) is 67.0 Å². The highest BCUT2D eigenvalue weighted by Crippen LogP contribution is 2.25. The Labute approximate surface area is 240 Å². The molecule has 0 spiro atoms. The van der Waals surface area contributed by atoms with Crippen molar-refractivity contribution in [3.63, 3.8) is 0 Å². The first-order valence-electron chi connectivity index (χ1n) is 14.5. The molecule has 2 aliphatic rings. The molecule has 1 aliphatic carbocycles. The van der Waals surface area contributed by atoms with Crippen LogP contribution in [-0.2, 0) is 17.7 Å². The van der Waals surface area contributed by atoms with Gasteiger partial charge < -0.3 is 15.0 Å². The average Bonchev–Trinajstić information content (AvgIpc) is 3.52. The number of hydrogen-bond donors (Lipinski definition) is 1. The largest absolute Gasteiger partial charge is 0.371 e. The monoisotopic (exact) mass is 549 g/mol. The third-order valence-electron chi connectivity index (χ3n) is 7.90. The van der Waals surface area contributed by atoms with Crippen molar-refractivity contribution >= 4 is 22.7 Å². The molecule has 1 aliphatic heterocycles. The summed E-state index contributed by atoms with van der Waals surface area (Å²) in [7, 11) is 2.11. The summed E-state index contributed by atoms with van der Waals surface area (Å²) in [4.78, 5) is 34.4. The van der Waals surface area contributed by atoms with Crippen LogP contribution in [0, 0.1) is 17.8 Å². The number of pyridine rings is 1. The molecular weight excluding hydrogens is 514 g/mol. The van der Waals surface area contributed by atoms with E-state index in [9.17, 15) is 4.79 Å². The van der Waals surface area contributed by atoms with Gasteiger partial charge in [-0.3, -0.25) is 19.3 Å². The third-order valence-corrected chi connectivity index (χ3v) is 7.90. The van der Waals surface area contributed by atoms with Crippen LogP contribution < -0.4 is 10.9 Å². The van der Waals surface area contributed by atoms with Crippen molar-refractivity contribution in [2.24, 2.45) is 5.92 Å². The molecular formula is C32H35N7O2. The maximum Gasteiger partial charge on any atom is 0.268 e. The standard InChI is InChI=1S/C32H35N7O2/c1-3-27-28(34-15-14-33-27)20-39-30-25(18-24(31(39)40)9-8-22-6-4-5-7-22)19-35-32(37-30)36-26-12-10-23(11-13-26)29-21-38(2)16-17-41-29/h10-15,18-19,22,29H,3-7,16-17,20-21H2,1-2H3,(H,35,36,37). The van der Waals surface area contributed by atoms with Gasteiger partial charge in [-0.2, -0.15) is 4.98 Å². The maximum absolute atomic E-state index is 13.8. The molecule has 4 heterocycles. The summed E-state index contributed by atoms with van der Waals surface area (Å²) in [5.74, 6) is 7.28. The van der Waals surface area contributed by atoms with Gasteiger partial charge >= 0.3 is 0 Å². The molecule has 1 N–H and O–H groups in total. The Morgan fingerprint density at radius 1 is 1.07 bits per heavy atom. The van der Waals surface area contributed by atoms with E-state index in [2.05, 4.69) is 56.2 Å². The quantitative estimate of drug-likeness (QED) is 0.352. The first kappa shape index (κ1) is 27.1. The number of hydrogen-bond acceptors (Lipinski definition) is 8. The van der Waals surface area contributed by atoms with Gasteiger partial charge in [0.15, 0.2) is 0 Å². The molecule has 1 unspecified atom stereocenters. The van der Waals surface area contributed by atoms with Gasteiger partial charge in [-0.05, 0) is 50.1 Å². The van der Waals surface area contributed by atoms with Crippen LogP contribution in [0.2, 0.25) is 0 Å². The van der Waals surface area contributed by atoms with Crippen LogP contribution in [0.1, 0.15) is 61.2 Å². The van der Waals surface area contributed by atoms with Crippen LogP contribution in [0.25, 0.3) is 11.0 Å². The van der Waals surface area contributed by atoms with Crippen molar-refractivity contribution in [3.8, 4) is 11.8 Å². The van der Waals surface area contributed by atoms with Crippen LogP contribution in [-0.4, -0.2) is 56.1 Å². The second kappa shape index (κ2) is 12.2. The summed E-state index contributed by atoms with van der Waals surface area (Å²) in [6, 6.07) is 9.95. The van der Waals surface area contributed by atoms with E-state index < -0.39 is 0 Å². The summed E-state index contributed by atoms with van der Waals surface area (Å²) in [6.45, 7) is 4.84. The van der Waals surface area contributed by atoms with Crippen molar-refractivity contribution < 1.29 is 4.74 Å². The minimum Gasteiger partial charge on any atom is -0.371 e. The lowest BCUT2D eigenvalue weighted by molar-refractivity contribution is -0.0208. The molecule has 1 aromatic carbocycles. The summed E-state index contributed by atoms with van der Waals surface area (Å²) < 4.78 is 7.60. The van der Waals surface area contributed by atoms with Crippen molar-refractivity contribution in [2.75, 3.05) is 32.1 Å². The van der Waals surface area contributed by atoms with Crippen molar-refractivity contribution in [2.45, 2.75) is 51.7 Å². The predicted molar refractivity (Wildman–Crippen MR) is 159 cm³/mol. The van der Waals surface area contributed by atoms with Crippen LogP contribution >= 0.6 is 0 Å². The molecule has 0 bridgehead atoms. The zero-order valence-electron chi connectivity index (χ0n) is 23.6. The van der Waals surface area contributed by atoms with Crippen LogP contribution in [0.4, 0.5) is 11.6 Å². The number of fused-ring (bicyclic) bond motifs is 1. The van der Waals surface area contributed by atoms with E-state index in [0.29, 0.717) is 23.1 Å². The number of benzene rings is 1. The predicted octanol–water partition coefficient (Wildman–Crippen LogP) is 4.48. The zero-order chi connectivity index (χ0) is 28.2. The summed E-state index contributed by atoms with van der Waals surface area (Å²) >= 11 is 0. The van der Waals surface area contributed by atoms with E-state index in [4.69, 9.17) is 9.72 Å². The van der Waals surface area contributed by atoms with E-state index in [-0.39, 0.29) is 18.2 Å². The molecule has 0 radical (unpaired) electrons. The summed E-state index contributed by atoms with van der Waals surface area (Å²) in [6.07, 6.45) is 10.5.